The van der Waals surface area contributed by atoms with Crippen molar-refractivity contribution in [2.75, 3.05) is 18.5 Å². The number of aliphatic carboxylic acids is 1. The molecule has 0 atom stereocenters. The molecule has 1 aliphatic carbocycles. The number of amides is 2. The van der Waals surface area contributed by atoms with Gasteiger partial charge in [-0.15, -0.1) is 0 Å². The molecule has 0 aliphatic heterocycles. The number of hydrogen-bond acceptors (Lipinski definition) is 5. The summed E-state index contributed by atoms with van der Waals surface area (Å²) in [6.07, 6.45) is 2.31. The van der Waals surface area contributed by atoms with E-state index in [2.05, 4.69) is 40.0 Å². The van der Waals surface area contributed by atoms with Crippen LogP contribution in [0.5, 0.6) is 0 Å². The number of rotatable bonds is 9. The molecule has 2 amide bonds. The number of nitrogens with zero attached hydrogens (tertiary/aromatic N) is 2. The first-order valence-corrected chi connectivity index (χ1v) is 11.3. The van der Waals surface area contributed by atoms with E-state index in [0.29, 0.717) is 5.69 Å². The van der Waals surface area contributed by atoms with Gasteiger partial charge in [0.2, 0.25) is 5.91 Å². The van der Waals surface area contributed by atoms with Crippen LogP contribution < -0.4 is 10.6 Å². The smallest absolute Gasteiger partial charge is 0.411 e. The van der Waals surface area contributed by atoms with Crippen LogP contribution in [0.25, 0.3) is 11.1 Å². The molecular weight excluding hydrogens is 448 g/mol. The predicted octanol–water partition coefficient (Wildman–Crippen LogP) is 3.86. The van der Waals surface area contributed by atoms with Gasteiger partial charge in [-0.1, -0.05) is 62.4 Å². The first kappa shape index (κ1) is 24.0. The summed E-state index contributed by atoms with van der Waals surface area (Å²) in [7, 11) is 0. The molecule has 0 bridgehead atoms. The lowest BCUT2D eigenvalue weighted by Gasteiger charge is -2.22. The fraction of sp³-hybridized carbons (Fsp3) is 0.308. The minimum absolute atomic E-state index is 0.0371. The standard InChI is InChI=1S/C26H28N4O5/c1-26(2,11-24(32)33)16-27-23(31)14-30-13-17(12-28-30)29-25(34)35-15-22-20-9-5-3-7-18(20)19-8-4-6-10-21(19)22/h3-10,12-13,22H,11,14-16H2,1-2H3,(H,27,31)(H,29,34)(H,32,33). The molecule has 2 aromatic carbocycles. The number of carbonyl (C=O) groups excluding carboxylic acids is 2. The van der Waals surface area contributed by atoms with Crippen LogP contribution in [0.1, 0.15) is 37.3 Å². The number of aromatic nitrogens is 2. The molecule has 0 radical (unpaired) electrons. The zero-order valence-corrected chi connectivity index (χ0v) is 19.7. The Kier molecular flexibility index (Phi) is 6.86. The molecule has 0 unspecified atom stereocenters. The number of carboxylic acids is 1. The van der Waals surface area contributed by atoms with E-state index in [-0.39, 0.29) is 37.9 Å². The number of benzene rings is 2. The number of fused-ring (bicyclic) bond motifs is 3. The topological polar surface area (TPSA) is 123 Å². The van der Waals surface area contributed by atoms with Crippen LogP contribution in [0.4, 0.5) is 10.5 Å². The van der Waals surface area contributed by atoms with Crippen molar-refractivity contribution in [2.45, 2.75) is 32.7 Å². The van der Waals surface area contributed by atoms with Gasteiger partial charge < -0.3 is 15.2 Å². The number of carbonyl (C=O) groups is 3. The minimum Gasteiger partial charge on any atom is -0.481 e. The van der Waals surface area contributed by atoms with Crippen molar-refractivity contribution in [2.24, 2.45) is 5.41 Å². The summed E-state index contributed by atoms with van der Waals surface area (Å²) in [5, 5.41) is 18.4. The van der Waals surface area contributed by atoms with E-state index in [1.165, 1.54) is 17.1 Å². The molecule has 0 saturated carbocycles. The summed E-state index contributed by atoms with van der Waals surface area (Å²) in [4.78, 5) is 35.5. The third kappa shape index (κ3) is 5.87. The highest BCUT2D eigenvalue weighted by atomic mass is 16.5. The Morgan fingerprint density at radius 1 is 1.06 bits per heavy atom. The molecule has 3 N–H and O–H groups in total. The molecule has 0 fully saturated rings. The Hall–Kier alpha value is -4.14. The van der Waals surface area contributed by atoms with Gasteiger partial charge in [-0.05, 0) is 27.7 Å². The van der Waals surface area contributed by atoms with Gasteiger partial charge in [-0.2, -0.15) is 5.10 Å². The molecule has 182 valence electrons. The quantitative estimate of drug-likeness (QED) is 0.431. The highest BCUT2D eigenvalue weighted by Crippen LogP contribution is 2.44. The second kappa shape index (κ2) is 10.0. The number of carboxylic acid groups (broad SMARTS) is 1. The zero-order chi connectivity index (χ0) is 25.0. The number of ether oxygens (including phenoxy) is 1. The summed E-state index contributed by atoms with van der Waals surface area (Å²) < 4.78 is 6.91. The molecule has 0 spiro atoms. The molecule has 4 rings (SSSR count). The monoisotopic (exact) mass is 476 g/mol. The van der Waals surface area contributed by atoms with E-state index in [0.717, 1.165) is 22.3 Å². The average molecular weight is 477 g/mol. The summed E-state index contributed by atoms with van der Waals surface area (Å²) in [5.41, 5.74) is 4.41. The molecule has 0 saturated heterocycles. The Morgan fingerprint density at radius 3 is 2.31 bits per heavy atom. The van der Waals surface area contributed by atoms with Crippen LogP contribution in [0.15, 0.2) is 60.9 Å². The second-order valence-electron chi connectivity index (χ2n) is 9.39. The van der Waals surface area contributed by atoms with E-state index in [1.807, 2.05) is 24.3 Å². The maximum Gasteiger partial charge on any atom is 0.411 e. The largest absolute Gasteiger partial charge is 0.481 e. The van der Waals surface area contributed by atoms with Crippen molar-refractivity contribution in [3.05, 3.63) is 72.1 Å². The first-order chi connectivity index (χ1) is 16.7. The van der Waals surface area contributed by atoms with Crippen LogP contribution in [0, 0.1) is 5.41 Å². The van der Waals surface area contributed by atoms with Gasteiger partial charge in [0.05, 0.1) is 18.3 Å². The normalized spacial score (nSPS) is 12.5. The molecule has 35 heavy (non-hydrogen) atoms. The second-order valence-corrected chi connectivity index (χ2v) is 9.39. The predicted molar refractivity (Wildman–Crippen MR) is 130 cm³/mol. The van der Waals surface area contributed by atoms with Gasteiger partial charge in [0.15, 0.2) is 0 Å². The van der Waals surface area contributed by atoms with Gasteiger partial charge in [-0.3, -0.25) is 19.6 Å². The first-order valence-electron chi connectivity index (χ1n) is 11.3. The summed E-state index contributed by atoms with van der Waals surface area (Å²) in [6, 6.07) is 16.2. The summed E-state index contributed by atoms with van der Waals surface area (Å²) in [5.74, 6) is -1.26. The Morgan fingerprint density at radius 2 is 1.69 bits per heavy atom. The van der Waals surface area contributed by atoms with E-state index in [4.69, 9.17) is 9.84 Å². The van der Waals surface area contributed by atoms with Gasteiger partial charge in [0, 0.05) is 18.7 Å². The van der Waals surface area contributed by atoms with E-state index < -0.39 is 17.5 Å². The Bertz CT molecular complexity index is 1200. The molecular formula is C26H28N4O5. The van der Waals surface area contributed by atoms with Crippen LogP contribution >= 0.6 is 0 Å². The third-order valence-corrected chi connectivity index (χ3v) is 5.92. The Balaban J connectivity index is 1.28. The summed E-state index contributed by atoms with van der Waals surface area (Å²) in [6.45, 7) is 3.90. The fourth-order valence-electron chi connectivity index (χ4n) is 4.28. The van der Waals surface area contributed by atoms with Crippen LogP contribution in [-0.4, -0.2) is 46.0 Å². The lowest BCUT2D eigenvalue weighted by molar-refractivity contribution is -0.139. The maximum atomic E-state index is 12.4. The van der Waals surface area contributed by atoms with Crippen molar-refractivity contribution in [1.29, 1.82) is 0 Å². The van der Waals surface area contributed by atoms with Crippen LogP contribution in [0.2, 0.25) is 0 Å². The maximum absolute atomic E-state index is 12.4. The van der Waals surface area contributed by atoms with Crippen LogP contribution in [0.3, 0.4) is 0 Å². The lowest BCUT2D eigenvalue weighted by atomic mass is 9.89. The third-order valence-electron chi connectivity index (χ3n) is 5.92. The molecule has 3 aromatic rings. The van der Waals surface area contributed by atoms with E-state index >= 15 is 0 Å². The summed E-state index contributed by atoms with van der Waals surface area (Å²) >= 11 is 0. The highest BCUT2D eigenvalue weighted by molar-refractivity contribution is 5.85. The van der Waals surface area contributed by atoms with E-state index in [1.54, 1.807) is 13.8 Å². The van der Waals surface area contributed by atoms with Crippen molar-refractivity contribution >= 4 is 23.7 Å². The van der Waals surface area contributed by atoms with Gasteiger partial charge in [0.1, 0.15) is 13.2 Å². The van der Waals surface area contributed by atoms with Crippen molar-refractivity contribution < 1.29 is 24.2 Å². The number of nitrogens with one attached hydrogen (secondary N) is 2. The Labute approximate surface area is 203 Å². The van der Waals surface area contributed by atoms with Gasteiger partial charge in [-0.25, -0.2) is 4.79 Å². The van der Waals surface area contributed by atoms with Gasteiger partial charge in [0.25, 0.3) is 0 Å². The fourth-order valence-corrected chi connectivity index (χ4v) is 4.28. The van der Waals surface area contributed by atoms with Crippen LogP contribution in [-0.2, 0) is 20.9 Å². The molecule has 1 aliphatic rings. The van der Waals surface area contributed by atoms with E-state index in [9.17, 15) is 14.4 Å². The van der Waals surface area contributed by atoms with Crippen molar-refractivity contribution in [3.8, 4) is 11.1 Å². The molecule has 1 aromatic heterocycles. The van der Waals surface area contributed by atoms with Gasteiger partial charge >= 0.3 is 12.1 Å². The number of anilines is 1. The molecule has 9 heteroatoms. The molecule has 9 nitrogen and oxygen atoms in total. The average Bonchev–Trinajstić information content (AvgIpc) is 3.37. The SMILES string of the molecule is CC(C)(CNC(=O)Cn1cc(NC(=O)OCC2c3ccccc3-c3ccccc32)cn1)CC(=O)O. The lowest BCUT2D eigenvalue weighted by Crippen LogP contribution is -2.37. The number of hydrogen-bond donors (Lipinski definition) is 3. The van der Waals surface area contributed by atoms with Crippen molar-refractivity contribution in [3.63, 3.8) is 0 Å². The van der Waals surface area contributed by atoms with Crippen molar-refractivity contribution in [1.82, 2.24) is 15.1 Å². The minimum atomic E-state index is -0.916. The highest BCUT2D eigenvalue weighted by Gasteiger charge is 2.29. The zero-order valence-electron chi connectivity index (χ0n) is 19.7. The molecule has 1 heterocycles.